The number of hydrogen-bond donors (Lipinski definition) is 0. The van der Waals surface area contributed by atoms with Crippen molar-refractivity contribution in [1.82, 2.24) is 9.78 Å². The molecule has 0 aromatic carbocycles. The minimum Gasteiger partial charge on any atom is -0.456 e. The molecule has 5 nitrogen and oxygen atoms in total. The second-order valence-electron chi connectivity index (χ2n) is 6.04. The maximum atomic E-state index is 11.9. The van der Waals surface area contributed by atoms with Gasteiger partial charge in [-0.2, -0.15) is 5.10 Å². The van der Waals surface area contributed by atoms with Gasteiger partial charge in [0.25, 0.3) is 0 Å². The predicted molar refractivity (Wildman–Crippen MR) is 75.1 cm³/mol. The summed E-state index contributed by atoms with van der Waals surface area (Å²) in [5.41, 5.74) is 0.955. The first kappa shape index (κ1) is 14.5. The van der Waals surface area contributed by atoms with Gasteiger partial charge < -0.3 is 9.53 Å². The number of nitrogens with zero attached hydrogens (tertiary/aromatic N) is 2. The first-order valence-corrected chi connectivity index (χ1v) is 6.82. The Labute approximate surface area is 118 Å². The number of carbonyl (C=O) groups is 2. The highest BCUT2D eigenvalue weighted by atomic mass is 16.6. The molecular formula is C15H20N2O3. The van der Waals surface area contributed by atoms with Crippen LogP contribution in [0.2, 0.25) is 0 Å². The van der Waals surface area contributed by atoms with E-state index >= 15 is 0 Å². The van der Waals surface area contributed by atoms with Gasteiger partial charge in [0, 0.05) is 17.8 Å². The molecular weight excluding hydrogens is 256 g/mol. The van der Waals surface area contributed by atoms with Crippen molar-refractivity contribution in [2.45, 2.75) is 45.6 Å². The maximum Gasteiger partial charge on any atom is 0.341 e. The molecule has 1 aromatic heterocycles. The van der Waals surface area contributed by atoms with Gasteiger partial charge in [0.05, 0.1) is 11.8 Å². The summed E-state index contributed by atoms with van der Waals surface area (Å²) in [4.78, 5) is 22.6. The van der Waals surface area contributed by atoms with Crippen molar-refractivity contribution < 1.29 is 14.3 Å². The fourth-order valence-electron chi connectivity index (χ4n) is 2.09. The quantitative estimate of drug-likeness (QED) is 0.629. The Bertz CT molecular complexity index is 538. The van der Waals surface area contributed by atoms with Gasteiger partial charge in [-0.3, -0.25) is 0 Å². The highest BCUT2D eigenvalue weighted by molar-refractivity contribution is 5.89. The molecule has 1 heterocycles. The number of hydrogen-bond acceptors (Lipinski definition) is 4. The Hall–Kier alpha value is -1.91. The standard InChI is InChI=1S/C15H20N2O3/c1-15(2,3)20-14(19)12-8-16-17(9-12)13-6-4-11(10-18)5-7-13/h6,8-11H,4-5,7H2,1-3H3. The minimum atomic E-state index is -0.513. The molecule has 1 unspecified atom stereocenters. The van der Waals surface area contributed by atoms with E-state index in [9.17, 15) is 9.59 Å². The molecule has 0 saturated carbocycles. The molecule has 0 saturated heterocycles. The Morgan fingerprint density at radius 3 is 2.80 bits per heavy atom. The van der Waals surface area contributed by atoms with Gasteiger partial charge in [-0.15, -0.1) is 0 Å². The summed E-state index contributed by atoms with van der Waals surface area (Å²) in [6, 6.07) is 0. The van der Waals surface area contributed by atoms with E-state index < -0.39 is 5.60 Å². The molecule has 1 aliphatic carbocycles. The second kappa shape index (κ2) is 5.61. The Balaban J connectivity index is 2.08. The predicted octanol–water partition coefficient (Wildman–Crippen LogP) is 2.68. The molecule has 108 valence electrons. The third-order valence-electron chi connectivity index (χ3n) is 3.13. The van der Waals surface area contributed by atoms with Crippen molar-refractivity contribution in [3.05, 3.63) is 24.0 Å². The van der Waals surface area contributed by atoms with Crippen LogP contribution in [-0.4, -0.2) is 27.6 Å². The lowest BCUT2D eigenvalue weighted by molar-refractivity contribution is -0.111. The molecule has 2 rings (SSSR count). The summed E-state index contributed by atoms with van der Waals surface area (Å²) >= 11 is 0. The third-order valence-corrected chi connectivity index (χ3v) is 3.13. The molecule has 0 spiro atoms. The fourth-order valence-corrected chi connectivity index (χ4v) is 2.09. The lowest BCUT2D eigenvalue weighted by Crippen LogP contribution is -2.23. The molecule has 20 heavy (non-hydrogen) atoms. The van der Waals surface area contributed by atoms with Crippen molar-refractivity contribution in [3.63, 3.8) is 0 Å². The molecule has 0 amide bonds. The van der Waals surface area contributed by atoms with Gasteiger partial charge >= 0.3 is 5.97 Å². The number of ether oxygens (including phenoxy) is 1. The molecule has 0 fully saturated rings. The van der Waals surface area contributed by atoms with Crippen LogP contribution in [0.3, 0.4) is 0 Å². The van der Waals surface area contributed by atoms with Gasteiger partial charge in [0.2, 0.25) is 0 Å². The molecule has 1 atom stereocenters. The Morgan fingerprint density at radius 2 is 2.25 bits per heavy atom. The summed E-state index contributed by atoms with van der Waals surface area (Å²) in [5, 5.41) is 4.20. The minimum absolute atomic E-state index is 0.111. The smallest absolute Gasteiger partial charge is 0.341 e. The third kappa shape index (κ3) is 3.56. The van der Waals surface area contributed by atoms with Crippen molar-refractivity contribution in [3.8, 4) is 0 Å². The second-order valence-corrected chi connectivity index (χ2v) is 6.04. The van der Waals surface area contributed by atoms with E-state index in [1.54, 1.807) is 10.9 Å². The molecule has 1 aromatic rings. The molecule has 5 heteroatoms. The van der Waals surface area contributed by atoms with Crippen molar-refractivity contribution in [2.75, 3.05) is 0 Å². The number of aromatic nitrogens is 2. The van der Waals surface area contributed by atoms with E-state index in [-0.39, 0.29) is 11.9 Å². The maximum absolute atomic E-state index is 11.9. The van der Waals surface area contributed by atoms with Gasteiger partial charge in [0.1, 0.15) is 11.9 Å². The monoisotopic (exact) mass is 276 g/mol. The van der Waals surface area contributed by atoms with Crippen LogP contribution in [0.25, 0.3) is 5.70 Å². The van der Waals surface area contributed by atoms with E-state index in [1.165, 1.54) is 6.20 Å². The summed E-state index contributed by atoms with van der Waals surface area (Å²) in [6.45, 7) is 5.50. The number of rotatable bonds is 3. The van der Waals surface area contributed by atoms with Crippen LogP contribution >= 0.6 is 0 Å². The van der Waals surface area contributed by atoms with Crippen LogP contribution in [-0.2, 0) is 9.53 Å². The number of allylic oxidation sites excluding steroid dienone is 2. The Morgan fingerprint density at radius 1 is 1.50 bits per heavy atom. The summed E-state index contributed by atoms with van der Waals surface area (Å²) < 4.78 is 7.00. The van der Waals surface area contributed by atoms with Crippen LogP contribution in [0.15, 0.2) is 18.5 Å². The van der Waals surface area contributed by atoms with Crippen molar-refractivity contribution >= 4 is 18.0 Å². The SMILES string of the molecule is CC(C)(C)OC(=O)c1cnn(C2=CCC(C=O)CC2)c1. The largest absolute Gasteiger partial charge is 0.456 e. The molecule has 0 aliphatic heterocycles. The highest BCUT2D eigenvalue weighted by Gasteiger charge is 2.20. The van der Waals surface area contributed by atoms with E-state index in [4.69, 9.17) is 4.74 Å². The summed E-state index contributed by atoms with van der Waals surface area (Å²) in [7, 11) is 0. The average molecular weight is 276 g/mol. The highest BCUT2D eigenvalue weighted by Crippen LogP contribution is 2.25. The zero-order valence-corrected chi connectivity index (χ0v) is 12.1. The van der Waals surface area contributed by atoms with Crippen LogP contribution in [0.4, 0.5) is 0 Å². The number of aldehydes is 1. The molecule has 0 radical (unpaired) electrons. The Kier molecular flexibility index (Phi) is 4.06. The van der Waals surface area contributed by atoms with Gasteiger partial charge in [-0.1, -0.05) is 6.08 Å². The fraction of sp³-hybridized carbons (Fsp3) is 0.533. The van der Waals surface area contributed by atoms with E-state index in [1.807, 2.05) is 26.8 Å². The van der Waals surface area contributed by atoms with Crippen molar-refractivity contribution in [1.29, 1.82) is 0 Å². The average Bonchev–Trinajstić information content (AvgIpc) is 2.86. The number of carbonyl (C=O) groups excluding carboxylic acids is 2. The van der Waals surface area contributed by atoms with Gasteiger partial charge in [0.15, 0.2) is 0 Å². The number of esters is 1. The van der Waals surface area contributed by atoms with Gasteiger partial charge in [-0.05, 0) is 40.0 Å². The van der Waals surface area contributed by atoms with E-state index in [2.05, 4.69) is 5.10 Å². The van der Waals surface area contributed by atoms with Crippen LogP contribution in [0.5, 0.6) is 0 Å². The lowest BCUT2D eigenvalue weighted by Gasteiger charge is -2.19. The summed E-state index contributed by atoms with van der Waals surface area (Å²) in [5.74, 6) is -0.259. The van der Waals surface area contributed by atoms with Crippen molar-refractivity contribution in [2.24, 2.45) is 5.92 Å². The molecule has 0 bridgehead atoms. The molecule has 1 aliphatic rings. The zero-order chi connectivity index (χ0) is 14.8. The van der Waals surface area contributed by atoms with Crippen LogP contribution in [0, 0.1) is 5.92 Å². The lowest BCUT2D eigenvalue weighted by atomic mass is 9.94. The van der Waals surface area contributed by atoms with E-state index in [0.717, 1.165) is 31.2 Å². The first-order valence-electron chi connectivity index (χ1n) is 6.82. The zero-order valence-electron chi connectivity index (χ0n) is 12.1. The van der Waals surface area contributed by atoms with Crippen LogP contribution in [0.1, 0.15) is 50.4 Å². The van der Waals surface area contributed by atoms with E-state index in [0.29, 0.717) is 5.56 Å². The molecule has 0 N–H and O–H groups in total. The topological polar surface area (TPSA) is 61.2 Å². The normalized spacial score (nSPS) is 19.4. The summed E-state index contributed by atoms with van der Waals surface area (Å²) in [6.07, 6.45) is 8.56. The van der Waals surface area contributed by atoms with Gasteiger partial charge in [-0.25, -0.2) is 9.48 Å². The first-order chi connectivity index (χ1) is 9.39. The van der Waals surface area contributed by atoms with Crippen LogP contribution < -0.4 is 0 Å².